The van der Waals surface area contributed by atoms with Gasteiger partial charge in [0.1, 0.15) is 5.75 Å². The standard InChI is InChI=1S/C21H21NO4/c1-4-25-21-18(12-22-16-8-6-15(7-9-16)14(3)23)20(24)17-11-13(2)5-10-19(17)26-21/h5-12,21-22H,4H2,1-3H3/b18-12-/t21-/m1/s1. The first-order valence-electron chi connectivity index (χ1n) is 8.50. The number of hydrogen-bond donors (Lipinski definition) is 1. The quantitative estimate of drug-likeness (QED) is 0.648. The van der Waals surface area contributed by atoms with Crippen molar-refractivity contribution >= 4 is 17.3 Å². The summed E-state index contributed by atoms with van der Waals surface area (Å²) in [4.78, 5) is 24.3. The monoisotopic (exact) mass is 351 g/mol. The van der Waals surface area contributed by atoms with E-state index in [4.69, 9.17) is 9.47 Å². The highest BCUT2D eigenvalue weighted by Crippen LogP contribution is 2.32. The van der Waals surface area contributed by atoms with Crippen molar-refractivity contribution in [1.29, 1.82) is 0 Å². The van der Waals surface area contributed by atoms with E-state index in [0.29, 0.717) is 29.1 Å². The molecule has 0 amide bonds. The zero-order valence-electron chi connectivity index (χ0n) is 15.0. The van der Waals surface area contributed by atoms with Gasteiger partial charge in [-0.2, -0.15) is 0 Å². The van der Waals surface area contributed by atoms with Crippen LogP contribution in [0.15, 0.2) is 54.2 Å². The summed E-state index contributed by atoms with van der Waals surface area (Å²) in [6, 6.07) is 12.6. The molecule has 1 N–H and O–H groups in total. The van der Waals surface area contributed by atoms with Crippen LogP contribution in [-0.2, 0) is 4.74 Å². The van der Waals surface area contributed by atoms with Crippen LogP contribution >= 0.6 is 0 Å². The van der Waals surface area contributed by atoms with E-state index in [9.17, 15) is 9.59 Å². The normalized spacial score (nSPS) is 17.6. The molecule has 1 atom stereocenters. The SMILES string of the molecule is CCO[C@@H]1Oc2ccc(C)cc2C(=O)/C1=C/Nc1ccc(C(C)=O)cc1. The minimum absolute atomic E-state index is 0.00847. The number of anilines is 1. The number of fused-ring (bicyclic) bond motifs is 1. The van der Waals surface area contributed by atoms with Crippen molar-refractivity contribution in [3.63, 3.8) is 0 Å². The van der Waals surface area contributed by atoms with E-state index in [2.05, 4.69) is 5.32 Å². The van der Waals surface area contributed by atoms with Crippen molar-refractivity contribution < 1.29 is 19.1 Å². The summed E-state index contributed by atoms with van der Waals surface area (Å²) in [6.45, 7) is 5.72. The number of benzene rings is 2. The topological polar surface area (TPSA) is 64.6 Å². The lowest BCUT2D eigenvalue weighted by Crippen LogP contribution is -2.33. The molecule has 2 aromatic carbocycles. The smallest absolute Gasteiger partial charge is 0.232 e. The lowest BCUT2D eigenvalue weighted by atomic mass is 9.98. The molecule has 0 fully saturated rings. The van der Waals surface area contributed by atoms with E-state index in [0.717, 1.165) is 11.3 Å². The summed E-state index contributed by atoms with van der Waals surface area (Å²) < 4.78 is 11.4. The Morgan fingerprint density at radius 1 is 1.23 bits per heavy atom. The fraction of sp³-hybridized carbons (Fsp3) is 0.238. The predicted octanol–water partition coefficient (Wildman–Crippen LogP) is 4.13. The average Bonchev–Trinajstić information content (AvgIpc) is 2.63. The predicted molar refractivity (Wildman–Crippen MR) is 99.7 cm³/mol. The molecular weight excluding hydrogens is 330 g/mol. The Morgan fingerprint density at radius 2 is 1.96 bits per heavy atom. The van der Waals surface area contributed by atoms with Crippen LogP contribution in [0.2, 0.25) is 0 Å². The van der Waals surface area contributed by atoms with E-state index < -0.39 is 6.29 Å². The first-order chi connectivity index (χ1) is 12.5. The van der Waals surface area contributed by atoms with Crippen LogP contribution in [0.3, 0.4) is 0 Å². The molecule has 1 heterocycles. The highest BCUT2D eigenvalue weighted by molar-refractivity contribution is 6.12. The number of hydrogen-bond acceptors (Lipinski definition) is 5. The van der Waals surface area contributed by atoms with Gasteiger partial charge in [0.15, 0.2) is 11.6 Å². The molecule has 2 aromatic rings. The van der Waals surface area contributed by atoms with Crippen LogP contribution in [0.4, 0.5) is 5.69 Å². The molecular formula is C21H21NO4. The van der Waals surface area contributed by atoms with Crippen LogP contribution in [-0.4, -0.2) is 24.5 Å². The summed E-state index contributed by atoms with van der Waals surface area (Å²) in [5, 5.41) is 3.09. The summed E-state index contributed by atoms with van der Waals surface area (Å²) in [5.74, 6) is 0.414. The summed E-state index contributed by atoms with van der Waals surface area (Å²) in [5.41, 5.74) is 3.32. The average molecular weight is 351 g/mol. The van der Waals surface area contributed by atoms with Crippen LogP contribution in [0.25, 0.3) is 0 Å². The molecule has 1 aliphatic heterocycles. The number of ketones is 2. The van der Waals surface area contributed by atoms with Gasteiger partial charge in [0.05, 0.1) is 11.1 Å². The molecule has 134 valence electrons. The molecule has 0 aliphatic carbocycles. The molecule has 5 nitrogen and oxygen atoms in total. The molecule has 0 radical (unpaired) electrons. The number of aryl methyl sites for hydroxylation is 1. The number of Topliss-reactive ketones (excluding diaryl/α,β-unsaturated/α-hetero) is 2. The van der Waals surface area contributed by atoms with Gasteiger partial charge in [-0.15, -0.1) is 0 Å². The fourth-order valence-electron chi connectivity index (χ4n) is 2.74. The molecule has 0 saturated carbocycles. The molecule has 0 aromatic heterocycles. The number of carbonyl (C=O) groups is 2. The summed E-state index contributed by atoms with van der Waals surface area (Å²) >= 11 is 0. The van der Waals surface area contributed by atoms with E-state index in [1.165, 1.54) is 6.92 Å². The highest BCUT2D eigenvalue weighted by Gasteiger charge is 2.32. The van der Waals surface area contributed by atoms with Gasteiger partial charge in [-0.1, -0.05) is 11.6 Å². The zero-order chi connectivity index (χ0) is 18.7. The zero-order valence-corrected chi connectivity index (χ0v) is 15.0. The molecule has 0 saturated heterocycles. The number of carbonyl (C=O) groups excluding carboxylic acids is 2. The molecule has 1 aliphatic rings. The van der Waals surface area contributed by atoms with Crippen molar-refractivity contribution in [3.05, 3.63) is 70.9 Å². The number of ether oxygens (including phenoxy) is 2. The Hall–Kier alpha value is -2.92. The molecule has 0 spiro atoms. The van der Waals surface area contributed by atoms with Crippen LogP contribution in [0, 0.1) is 6.92 Å². The Labute approximate surface area is 152 Å². The number of rotatable bonds is 5. The molecule has 0 bridgehead atoms. The third kappa shape index (κ3) is 3.68. The Kier molecular flexibility index (Phi) is 5.19. The van der Waals surface area contributed by atoms with Crippen LogP contribution in [0.1, 0.15) is 40.1 Å². The van der Waals surface area contributed by atoms with E-state index in [1.807, 2.05) is 26.0 Å². The van der Waals surface area contributed by atoms with Crippen molar-refractivity contribution in [3.8, 4) is 5.75 Å². The van der Waals surface area contributed by atoms with Gasteiger partial charge in [0.2, 0.25) is 6.29 Å². The molecule has 3 rings (SSSR count). The third-order valence-electron chi connectivity index (χ3n) is 4.13. The molecule has 26 heavy (non-hydrogen) atoms. The van der Waals surface area contributed by atoms with Gasteiger partial charge in [-0.05, 0) is 57.2 Å². The van der Waals surface area contributed by atoms with Crippen molar-refractivity contribution in [2.24, 2.45) is 0 Å². The fourth-order valence-corrected chi connectivity index (χ4v) is 2.74. The second-order valence-corrected chi connectivity index (χ2v) is 6.11. The second kappa shape index (κ2) is 7.54. The van der Waals surface area contributed by atoms with Crippen LogP contribution in [0.5, 0.6) is 5.75 Å². The van der Waals surface area contributed by atoms with E-state index in [1.54, 1.807) is 36.5 Å². The third-order valence-corrected chi connectivity index (χ3v) is 4.13. The minimum Gasteiger partial charge on any atom is -0.460 e. The maximum atomic E-state index is 12.9. The van der Waals surface area contributed by atoms with Crippen molar-refractivity contribution in [2.75, 3.05) is 11.9 Å². The van der Waals surface area contributed by atoms with Crippen LogP contribution < -0.4 is 10.1 Å². The first kappa shape index (κ1) is 17.9. The lowest BCUT2D eigenvalue weighted by Gasteiger charge is -2.27. The largest absolute Gasteiger partial charge is 0.460 e. The van der Waals surface area contributed by atoms with Gasteiger partial charge in [0, 0.05) is 24.1 Å². The maximum absolute atomic E-state index is 12.9. The Bertz CT molecular complexity index is 868. The summed E-state index contributed by atoms with van der Waals surface area (Å²) in [6.07, 6.45) is 0.850. The van der Waals surface area contributed by atoms with Crippen molar-refractivity contribution in [2.45, 2.75) is 27.1 Å². The van der Waals surface area contributed by atoms with E-state index in [-0.39, 0.29) is 11.6 Å². The molecule has 5 heteroatoms. The number of nitrogens with one attached hydrogen (secondary N) is 1. The van der Waals surface area contributed by atoms with Gasteiger partial charge >= 0.3 is 0 Å². The Balaban J connectivity index is 1.88. The summed E-state index contributed by atoms with van der Waals surface area (Å²) in [7, 11) is 0. The van der Waals surface area contributed by atoms with Gasteiger partial charge in [-0.25, -0.2) is 0 Å². The van der Waals surface area contributed by atoms with Gasteiger partial charge in [0.25, 0.3) is 0 Å². The second-order valence-electron chi connectivity index (χ2n) is 6.11. The van der Waals surface area contributed by atoms with Gasteiger partial charge < -0.3 is 14.8 Å². The molecule has 0 unspecified atom stereocenters. The first-order valence-corrected chi connectivity index (χ1v) is 8.50. The van der Waals surface area contributed by atoms with Gasteiger partial charge in [-0.3, -0.25) is 9.59 Å². The van der Waals surface area contributed by atoms with E-state index >= 15 is 0 Å². The maximum Gasteiger partial charge on any atom is 0.232 e. The minimum atomic E-state index is -0.758. The van der Waals surface area contributed by atoms with Crippen molar-refractivity contribution in [1.82, 2.24) is 0 Å². The Morgan fingerprint density at radius 3 is 2.62 bits per heavy atom. The lowest BCUT2D eigenvalue weighted by molar-refractivity contribution is -0.0509. The highest BCUT2D eigenvalue weighted by atomic mass is 16.7.